The van der Waals surface area contributed by atoms with E-state index in [1.165, 1.54) is 0 Å². The van der Waals surface area contributed by atoms with E-state index in [-0.39, 0.29) is 6.61 Å². The number of phosphoric acid groups is 1. The van der Waals surface area contributed by atoms with Gasteiger partial charge in [0, 0.05) is 0 Å². The van der Waals surface area contributed by atoms with Gasteiger partial charge in [0.15, 0.2) is 0 Å². The molecule has 0 spiro atoms. The maximum absolute atomic E-state index is 10.7. The molecular formula is C6H14BrO4P. The van der Waals surface area contributed by atoms with Gasteiger partial charge in [-0.15, -0.1) is 0 Å². The Kier molecular flexibility index (Phi) is 7.38. The summed E-state index contributed by atoms with van der Waals surface area (Å²) in [5.41, 5.74) is 0. The lowest BCUT2D eigenvalue weighted by Crippen LogP contribution is -1.92. The van der Waals surface area contributed by atoms with Gasteiger partial charge in [0.25, 0.3) is 0 Å². The minimum absolute atomic E-state index is 0.263. The van der Waals surface area contributed by atoms with Gasteiger partial charge in [0.05, 0.1) is 6.61 Å². The second-order valence-corrected chi connectivity index (χ2v) is 4.63. The Morgan fingerprint density at radius 1 is 1.42 bits per heavy atom. The molecule has 0 saturated carbocycles. The van der Waals surface area contributed by atoms with E-state index in [0.717, 1.165) is 25.7 Å². The molecule has 0 amide bonds. The number of halogens is 1. The zero-order valence-corrected chi connectivity index (χ0v) is 9.51. The molecule has 0 aliphatic heterocycles. The summed E-state index contributed by atoms with van der Waals surface area (Å²) < 4.78 is 19.3. The number of unbranched alkanes of at least 4 members (excludes halogenated alkanes) is 3. The third-order valence-electron chi connectivity index (χ3n) is 1.34. The fraction of sp³-hybridized carbons (Fsp3) is 1.00. The fourth-order valence-electron chi connectivity index (χ4n) is 0.729. The van der Waals surface area contributed by atoms with Crippen LogP contribution in [0.3, 0.4) is 0 Å². The SMILES string of the molecule is CCCCCCOP(=O)(O)OBr. The third kappa shape index (κ3) is 7.25. The first-order valence-corrected chi connectivity index (χ1v) is 6.04. The fourth-order valence-corrected chi connectivity index (χ4v) is 1.38. The molecule has 1 atom stereocenters. The van der Waals surface area contributed by atoms with Crippen molar-refractivity contribution in [3.8, 4) is 0 Å². The highest BCUT2D eigenvalue weighted by molar-refractivity contribution is 9.06. The molecule has 0 aromatic rings. The van der Waals surface area contributed by atoms with Crippen LogP contribution in [-0.4, -0.2) is 11.5 Å². The molecule has 0 rings (SSSR count). The van der Waals surface area contributed by atoms with Crippen LogP contribution in [0.25, 0.3) is 0 Å². The van der Waals surface area contributed by atoms with Crippen LogP contribution < -0.4 is 0 Å². The van der Waals surface area contributed by atoms with E-state index >= 15 is 0 Å². The van der Waals surface area contributed by atoms with Crippen molar-refractivity contribution < 1.29 is 17.6 Å². The maximum Gasteiger partial charge on any atom is 0.483 e. The Morgan fingerprint density at radius 3 is 2.58 bits per heavy atom. The summed E-state index contributed by atoms with van der Waals surface area (Å²) in [4.78, 5) is 8.74. The summed E-state index contributed by atoms with van der Waals surface area (Å²) in [6.07, 6.45) is 4.05. The van der Waals surface area contributed by atoms with Gasteiger partial charge in [-0.1, -0.05) is 26.2 Å². The van der Waals surface area contributed by atoms with Gasteiger partial charge in [-0.2, -0.15) is 0 Å². The predicted molar refractivity (Wildman–Crippen MR) is 49.9 cm³/mol. The van der Waals surface area contributed by atoms with E-state index in [1.54, 1.807) is 0 Å². The molecule has 0 saturated heterocycles. The highest BCUT2D eigenvalue weighted by atomic mass is 79.9. The van der Waals surface area contributed by atoms with Gasteiger partial charge in [0.1, 0.15) is 16.3 Å². The molecule has 0 heterocycles. The molecule has 0 aliphatic carbocycles. The number of rotatable bonds is 7. The second-order valence-electron chi connectivity index (χ2n) is 2.43. The van der Waals surface area contributed by atoms with Crippen LogP contribution in [0.1, 0.15) is 32.6 Å². The zero-order chi connectivity index (χ0) is 9.45. The van der Waals surface area contributed by atoms with Crippen molar-refractivity contribution in [1.29, 1.82) is 0 Å². The lowest BCUT2D eigenvalue weighted by molar-refractivity contribution is 0.210. The second kappa shape index (κ2) is 7.04. The largest absolute Gasteiger partial charge is 0.483 e. The molecule has 0 fully saturated rings. The van der Waals surface area contributed by atoms with Crippen molar-refractivity contribution in [3.05, 3.63) is 0 Å². The van der Waals surface area contributed by atoms with Crippen molar-refractivity contribution in [2.24, 2.45) is 0 Å². The molecule has 6 heteroatoms. The molecule has 1 N–H and O–H groups in total. The van der Waals surface area contributed by atoms with Crippen LogP contribution in [0.2, 0.25) is 0 Å². The third-order valence-corrected chi connectivity index (χ3v) is 3.12. The highest BCUT2D eigenvalue weighted by Crippen LogP contribution is 2.45. The Balaban J connectivity index is 3.25. The molecule has 0 bridgehead atoms. The molecule has 0 aromatic carbocycles. The van der Waals surface area contributed by atoms with Gasteiger partial charge in [-0.25, -0.2) is 8.18 Å². The monoisotopic (exact) mass is 260 g/mol. The van der Waals surface area contributed by atoms with Crippen LogP contribution in [0.4, 0.5) is 0 Å². The van der Waals surface area contributed by atoms with E-state index in [9.17, 15) is 4.57 Å². The van der Waals surface area contributed by atoms with Crippen LogP contribution in [0.15, 0.2) is 0 Å². The lowest BCUT2D eigenvalue weighted by Gasteiger charge is -2.06. The Morgan fingerprint density at radius 2 is 2.08 bits per heavy atom. The summed E-state index contributed by atoms with van der Waals surface area (Å²) >= 11 is 2.42. The van der Waals surface area contributed by atoms with E-state index in [4.69, 9.17) is 4.89 Å². The summed E-state index contributed by atoms with van der Waals surface area (Å²) in [5, 5.41) is 0. The molecule has 74 valence electrons. The molecule has 0 aromatic heterocycles. The van der Waals surface area contributed by atoms with E-state index in [0.29, 0.717) is 0 Å². The van der Waals surface area contributed by atoms with Gasteiger partial charge in [0.2, 0.25) is 0 Å². The average Bonchev–Trinajstić information content (AvgIpc) is 2.04. The standard InChI is InChI=1S/C6H14BrO4P/c1-2-3-4-5-6-10-12(8,9)11-7/h2-6H2,1H3,(H,8,9). The molecule has 12 heavy (non-hydrogen) atoms. The lowest BCUT2D eigenvalue weighted by atomic mass is 10.2. The van der Waals surface area contributed by atoms with Gasteiger partial charge < -0.3 is 4.89 Å². The smallest absolute Gasteiger partial charge is 0.302 e. The Hall–Kier alpha value is 0.590. The molecule has 0 radical (unpaired) electrons. The van der Waals surface area contributed by atoms with Crippen LogP contribution >= 0.6 is 24.1 Å². The predicted octanol–water partition coefficient (Wildman–Crippen LogP) is 3.01. The van der Waals surface area contributed by atoms with Crippen molar-refractivity contribution in [2.45, 2.75) is 32.6 Å². The van der Waals surface area contributed by atoms with Crippen molar-refractivity contribution >= 4 is 24.1 Å². The quantitative estimate of drug-likeness (QED) is 0.565. The number of hydrogen-bond acceptors (Lipinski definition) is 3. The first-order valence-electron chi connectivity index (χ1n) is 3.90. The minimum Gasteiger partial charge on any atom is -0.302 e. The van der Waals surface area contributed by atoms with E-state index in [2.05, 4.69) is 31.3 Å². The zero-order valence-electron chi connectivity index (χ0n) is 7.03. The summed E-state index contributed by atoms with van der Waals surface area (Å²) in [6.45, 7) is 2.36. The number of phosphoric ester groups is 1. The van der Waals surface area contributed by atoms with Crippen molar-refractivity contribution in [2.75, 3.05) is 6.61 Å². The topological polar surface area (TPSA) is 55.8 Å². The first kappa shape index (κ1) is 12.6. The summed E-state index contributed by atoms with van der Waals surface area (Å²) in [6, 6.07) is 0. The van der Waals surface area contributed by atoms with Crippen molar-refractivity contribution in [3.63, 3.8) is 0 Å². The first-order chi connectivity index (χ1) is 5.62. The van der Waals surface area contributed by atoms with Crippen molar-refractivity contribution in [1.82, 2.24) is 0 Å². The van der Waals surface area contributed by atoms with Gasteiger partial charge >= 0.3 is 7.82 Å². The van der Waals surface area contributed by atoms with Crippen LogP contribution in [-0.2, 0) is 12.7 Å². The van der Waals surface area contributed by atoms with E-state index in [1.807, 2.05) is 0 Å². The molecule has 4 nitrogen and oxygen atoms in total. The van der Waals surface area contributed by atoms with Crippen LogP contribution in [0.5, 0.6) is 0 Å². The van der Waals surface area contributed by atoms with E-state index < -0.39 is 7.82 Å². The molecular weight excluding hydrogens is 247 g/mol. The normalized spacial score (nSPS) is 15.9. The Labute approximate surface area is 81.3 Å². The minimum atomic E-state index is -3.81. The van der Waals surface area contributed by atoms with Gasteiger partial charge in [-0.3, -0.25) is 4.52 Å². The summed E-state index contributed by atoms with van der Waals surface area (Å²) in [7, 11) is -3.81. The summed E-state index contributed by atoms with van der Waals surface area (Å²) in [5.74, 6) is 0. The van der Waals surface area contributed by atoms with Crippen LogP contribution in [0, 0.1) is 0 Å². The highest BCUT2D eigenvalue weighted by Gasteiger charge is 2.18. The molecule has 0 aliphatic rings. The number of hydrogen-bond donors (Lipinski definition) is 1. The molecule has 1 unspecified atom stereocenters. The van der Waals surface area contributed by atoms with Gasteiger partial charge in [-0.05, 0) is 6.42 Å². The maximum atomic E-state index is 10.7. The Bertz CT molecular complexity index is 152. The average molecular weight is 261 g/mol.